The number of ether oxygens (including phenoxy) is 3. The molecular formula is C24H29FO5. The molecule has 5 nitrogen and oxygen atoms in total. The van der Waals surface area contributed by atoms with Crippen LogP contribution in [0.2, 0.25) is 0 Å². The van der Waals surface area contributed by atoms with Crippen LogP contribution in [0.5, 0.6) is 17.2 Å². The molecule has 2 aromatic carbocycles. The summed E-state index contributed by atoms with van der Waals surface area (Å²) in [5.74, 6) is 0.263. The molecule has 6 heteroatoms. The molecule has 2 aromatic rings. The van der Waals surface area contributed by atoms with Crippen molar-refractivity contribution in [1.29, 1.82) is 0 Å². The largest absolute Gasteiger partial charge is 0.494 e. The van der Waals surface area contributed by atoms with Gasteiger partial charge < -0.3 is 19.3 Å². The van der Waals surface area contributed by atoms with Gasteiger partial charge in [-0.15, -0.1) is 0 Å². The predicted molar refractivity (Wildman–Crippen MR) is 111 cm³/mol. The fourth-order valence-corrected chi connectivity index (χ4v) is 3.68. The van der Waals surface area contributed by atoms with Crippen LogP contribution in [-0.2, 0) is 11.2 Å². The Balaban J connectivity index is 1.68. The van der Waals surface area contributed by atoms with E-state index in [1.54, 1.807) is 24.3 Å². The quantitative estimate of drug-likeness (QED) is 0.348. The van der Waals surface area contributed by atoms with E-state index in [0.29, 0.717) is 29.0 Å². The van der Waals surface area contributed by atoms with E-state index >= 15 is 0 Å². The van der Waals surface area contributed by atoms with E-state index in [2.05, 4.69) is 6.92 Å². The number of methoxy groups -OCH3 is 1. The molecule has 0 spiro atoms. The van der Waals surface area contributed by atoms with Gasteiger partial charge in [0.05, 0.1) is 13.2 Å². The molecule has 30 heavy (non-hydrogen) atoms. The lowest BCUT2D eigenvalue weighted by Gasteiger charge is -2.31. The monoisotopic (exact) mass is 416 g/mol. The zero-order chi connectivity index (χ0) is 21.5. The zero-order valence-electron chi connectivity index (χ0n) is 17.5. The molecule has 0 amide bonds. The van der Waals surface area contributed by atoms with Gasteiger partial charge in [-0.1, -0.05) is 44.7 Å². The molecule has 162 valence electrons. The van der Waals surface area contributed by atoms with Crippen LogP contribution in [0.3, 0.4) is 0 Å². The number of aliphatic hydroxyl groups excluding tert-OH is 1. The van der Waals surface area contributed by atoms with Gasteiger partial charge in [-0.3, -0.25) is 4.79 Å². The molecule has 1 aliphatic rings. The summed E-state index contributed by atoms with van der Waals surface area (Å²) in [7, 11) is 1.40. The number of unbranched alkanes of at least 4 members (excludes halogenated alkanes) is 4. The van der Waals surface area contributed by atoms with Crippen LogP contribution < -0.4 is 14.2 Å². The molecule has 0 saturated carbocycles. The highest BCUT2D eigenvalue weighted by molar-refractivity contribution is 5.73. The van der Waals surface area contributed by atoms with E-state index in [0.717, 1.165) is 25.7 Å². The maximum atomic E-state index is 14.1. The van der Waals surface area contributed by atoms with Gasteiger partial charge >= 0.3 is 5.97 Å². The zero-order valence-corrected chi connectivity index (χ0v) is 17.5. The van der Waals surface area contributed by atoms with Crippen molar-refractivity contribution in [2.45, 2.75) is 64.1 Å². The maximum Gasteiger partial charge on any atom is 0.311 e. The Bertz CT molecular complexity index is 867. The summed E-state index contributed by atoms with van der Waals surface area (Å²) in [6, 6.07) is 9.69. The predicted octanol–water partition coefficient (Wildman–Crippen LogP) is 5.14. The highest BCUT2D eigenvalue weighted by atomic mass is 19.1. The van der Waals surface area contributed by atoms with Crippen molar-refractivity contribution >= 4 is 5.97 Å². The van der Waals surface area contributed by atoms with Crippen molar-refractivity contribution in [2.24, 2.45) is 0 Å². The summed E-state index contributed by atoms with van der Waals surface area (Å²) in [6.07, 6.45) is 4.26. The van der Waals surface area contributed by atoms with Gasteiger partial charge in [-0.2, -0.15) is 0 Å². The Hall–Kier alpha value is -2.60. The number of aliphatic hydroxyl groups is 1. The first-order chi connectivity index (χ1) is 14.5. The molecule has 0 bridgehead atoms. The van der Waals surface area contributed by atoms with Crippen molar-refractivity contribution in [3.8, 4) is 17.2 Å². The number of esters is 1. The van der Waals surface area contributed by atoms with Crippen LogP contribution in [0.25, 0.3) is 0 Å². The van der Waals surface area contributed by atoms with Crippen LogP contribution in [0.4, 0.5) is 4.39 Å². The number of hydrogen-bond donors (Lipinski definition) is 1. The van der Waals surface area contributed by atoms with Gasteiger partial charge in [0.15, 0.2) is 11.6 Å². The third-order valence-corrected chi connectivity index (χ3v) is 5.32. The number of halogens is 1. The summed E-state index contributed by atoms with van der Waals surface area (Å²) in [5, 5.41) is 10.6. The van der Waals surface area contributed by atoms with Gasteiger partial charge in [-0.05, 0) is 36.2 Å². The Labute approximate surface area is 176 Å². The molecule has 3 rings (SSSR count). The smallest absolute Gasteiger partial charge is 0.311 e. The average molecular weight is 416 g/mol. The molecule has 0 aliphatic carbocycles. The fourth-order valence-electron chi connectivity index (χ4n) is 3.68. The standard InChI is InChI=1S/C24H29FO5/c1-3-4-5-6-7-11-23(27)29-20-9-8-10-21-17(20)15-19(26)24(30-21)16-12-13-22(28-2)18(25)14-16/h8-10,12-14,19,24,26H,3-7,11,15H2,1-2H3. The number of carbonyl (C=O) groups excluding carboxylic acids is 1. The average Bonchev–Trinajstić information content (AvgIpc) is 2.73. The number of rotatable bonds is 9. The van der Waals surface area contributed by atoms with Gasteiger partial charge in [0.1, 0.15) is 17.6 Å². The lowest BCUT2D eigenvalue weighted by Crippen LogP contribution is -2.31. The molecule has 0 saturated heterocycles. The number of carbonyl (C=O) groups is 1. The third-order valence-electron chi connectivity index (χ3n) is 5.32. The van der Waals surface area contributed by atoms with Crippen LogP contribution in [0, 0.1) is 5.82 Å². The van der Waals surface area contributed by atoms with Crippen molar-refractivity contribution < 1.29 is 28.5 Å². The van der Waals surface area contributed by atoms with Crippen molar-refractivity contribution in [2.75, 3.05) is 7.11 Å². The Morgan fingerprint density at radius 1 is 1.17 bits per heavy atom. The molecule has 1 aliphatic heterocycles. The second-order valence-corrected chi connectivity index (χ2v) is 7.58. The van der Waals surface area contributed by atoms with E-state index in [4.69, 9.17) is 14.2 Å². The van der Waals surface area contributed by atoms with Crippen molar-refractivity contribution in [1.82, 2.24) is 0 Å². The first-order valence-electron chi connectivity index (χ1n) is 10.5. The normalized spacial score (nSPS) is 17.7. The second-order valence-electron chi connectivity index (χ2n) is 7.58. The minimum Gasteiger partial charge on any atom is -0.494 e. The number of fused-ring (bicyclic) bond motifs is 1. The van der Waals surface area contributed by atoms with E-state index in [9.17, 15) is 14.3 Å². The topological polar surface area (TPSA) is 65.0 Å². The Morgan fingerprint density at radius 2 is 1.97 bits per heavy atom. The van der Waals surface area contributed by atoms with E-state index in [-0.39, 0.29) is 18.1 Å². The van der Waals surface area contributed by atoms with Gasteiger partial charge in [0.25, 0.3) is 0 Å². The highest BCUT2D eigenvalue weighted by Gasteiger charge is 2.32. The van der Waals surface area contributed by atoms with Crippen LogP contribution in [0.15, 0.2) is 36.4 Å². The lowest BCUT2D eigenvalue weighted by atomic mass is 9.94. The summed E-state index contributed by atoms with van der Waals surface area (Å²) >= 11 is 0. The molecular weight excluding hydrogens is 387 g/mol. The summed E-state index contributed by atoms with van der Waals surface area (Å²) in [6.45, 7) is 2.15. The number of hydrogen-bond acceptors (Lipinski definition) is 5. The molecule has 1 heterocycles. The van der Waals surface area contributed by atoms with Crippen LogP contribution in [0.1, 0.15) is 62.7 Å². The van der Waals surface area contributed by atoms with Crippen molar-refractivity contribution in [3.05, 3.63) is 53.3 Å². The molecule has 1 N–H and O–H groups in total. The first kappa shape index (κ1) is 22.1. The second kappa shape index (κ2) is 10.4. The van der Waals surface area contributed by atoms with Gasteiger partial charge in [0.2, 0.25) is 0 Å². The molecule has 0 radical (unpaired) electrons. The van der Waals surface area contributed by atoms with Crippen molar-refractivity contribution in [3.63, 3.8) is 0 Å². The molecule has 0 fully saturated rings. The first-order valence-corrected chi connectivity index (χ1v) is 10.5. The summed E-state index contributed by atoms with van der Waals surface area (Å²) in [4.78, 5) is 12.2. The molecule has 0 aromatic heterocycles. The van der Waals surface area contributed by atoms with E-state index < -0.39 is 18.0 Å². The van der Waals surface area contributed by atoms with E-state index in [1.165, 1.54) is 25.7 Å². The fraction of sp³-hybridized carbons (Fsp3) is 0.458. The minimum absolute atomic E-state index is 0.133. The number of benzene rings is 2. The molecule has 2 atom stereocenters. The molecule has 2 unspecified atom stereocenters. The third kappa shape index (κ3) is 5.30. The SMILES string of the molecule is CCCCCCCC(=O)Oc1cccc2c1CC(O)C(c1ccc(OC)c(F)c1)O2. The Morgan fingerprint density at radius 3 is 2.70 bits per heavy atom. The summed E-state index contributed by atoms with van der Waals surface area (Å²) in [5.41, 5.74) is 1.16. The lowest BCUT2D eigenvalue weighted by molar-refractivity contribution is -0.134. The minimum atomic E-state index is -0.904. The van der Waals surface area contributed by atoms with E-state index in [1.807, 2.05) is 0 Å². The van der Waals surface area contributed by atoms with Crippen LogP contribution in [-0.4, -0.2) is 24.3 Å². The summed E-state index contributed by atoms with van der Waals surface area (Å²) < 4.78 is 30.5. The highest BCUT2D eigenvalue weighted by Crippen LogP contribution is 2.40. The van der Waals surface area contributed by atoms with Gasteiger partial charge in [-0.25, -0.2) is 4.39 Å². The van der Waals surface area contributed by atoms with Gasteiger partial charge in [0, 0.05) is 18.4 Å². The maximum absolute atomic E-state index is 14.1. The van der Waals surface area contributed by atoms with Crippen LogP contribution >= 0.6 is 0 Å². The Kier molecular flexibility index (Phi) is 7.69.